The minimum Gasteiger partial charge on any atom is -0.465 e. The maximum atomic E-state index is 10.9. The average molecular weight is 262 g/mol. The Morgan fingerprint density at radius 2 is 2.16 bits per heavy atom. The van der Waals surface area contributed by atoms with Crippen LogP contribution in [0.25, 0.3) is 0 Å². The van der Waals surface area contributed by atoms with Crippen LogP contribution in [-0.4, -0.2) is 48.4 Å². The maximum absolute atomic E-state index is 10.9. The summed E-state index contributed by atoms with van der Waals surface area (Å²) in [7, 11) is 0. The zero-order valence-corrected chi connectivity index (χ0v) is 10.7. The molecule has 1 amide bonds. The number of nitrogens with one attached hydrogen (secondary N) is 1. The summed E-state index contributed by atoms with van der Waals surface area (Å²) in [6.07, 6.45) is -0.946. The zero-order chi connectivity index (χ0) is 13.3. The molecular formula is C14H18N2O3. The highest BCUT2D eigenvalue weighted by atomic mass is 16.5. The van der Waals surface area contributed by atoms with Gasteiger partial charge in [-0.1, -0.05) is 30.3 Å². The standard InChI is InChI=1S/C14H18N2O3/c17-13(18)15-12-7-16(8-14(12)9-19-10-14)6-11-4-2-1-3-5-11/h1-5,12,15H,6-10H2,(H,17,18). The van der Waals surface area contributed by atoms with E-state index < -0.39 is 6.09 Å². The van der Waals surface area contributed by atoms with Gasteiger partial charge in [0.05, 0.1) is 24.7 Å². The third kappa shape index (κ3) is 2.43. The van der Waals surface area contributed by atoms with Gasteiger partial charge >= 0.3 is 6.09 Å². The lowest BCUT2D eigenvalue weighted by Gasteiger charge is -2.42. The number of amides is 1. The Balaban J connectivity index is 1.67. The Labute approximate surface area is 112 Å². The van der Waals surface area contributed by atoms with Gasteiger partial charge in [0.25, 0.3) is 0 Å². The van der Waals surface area contributed by atoms with Crippen molar-refractivity contribution in [1.29, 1.82) is 0 Å². The summed E-state index contributed by atoms with van der Waals surface area (Å²) in [5.41, 5.74) is 1.24. The summed E-state index contributed by atoms with van der Waals surface area (Å²) >= 11 is 0. The van der Waals surface area contributed by atoms with Gasteiger partial charge in [-0.15, -0.1) is 0 Å². The summed E-state index contributed by atoms with van der Waals surface area (Å²) in [5.74, 6) is 0. The maximum Gasteiger partial charge on any atom is 0.404 e. The molecule has 0 radical (unpaired) electrons. The van der Waals surface area contributed by atoms with Crippen LogP contribution in [0, 0.1) is 5.41 Å². The van der Waals surface area contributed by atoms with E-state index in [2.05, 4.69) is 22.3 Å². The van der Waals surface area contributed by atoms with E-state index in [0.29, 0.717) is 13.2 Å². The Morgan fingerprint density at radius 3 is 2.74 bits per heavy atom. The predicted molar refractivity (Wildman–Crippen MR) is 69.9 cm³/mol. The van der Waals surface area contributed by atoms with Gasteiger partial charge in [0, 0.05) is 19.6 Å². The fourth-order valence-electron chi connectivity index (χ4n) is 3.04. The number of nitrogens with zero attached hydrogens (tertiary/aromatic N) is 1. The number of carboxylic acid groups (broad SMARTS) is 1. The Bertz CT molecular complexity index is 459. The number of carbonyl (C=O) groups is 1. The first kappa shape index (κ1) is 12.4. The number of hydrogen-bond donors (Lipinski definition) is 2. The van der Waals surface area contributed by atoms with Crippen molar-refractivity contribution >= 4 is 6.09 Å². The van der Waals surface area contributed by atoms with Gasteiger partial charge in [-0.25, -0.2) is 4.79 Å². The summed E-state index contributed by atoms with van der Waals surface area (Å²) in [4.78, 5) is 13.2. The number of rotatable bonds is 3. The van der Waals surface area contributed by atoms with Gasteiger partial charge in [-0.05, 0) is 5.56 Å². The smallest absolute Gasteiger partial charge is 0.404 e. The molecule has 0 aliphatic carbocycles. The lowest BCUT2D eigenvalue weighted by atomic mass is 9.81. The van der Waals surface area contributed by atoms with E-state index in [1.54, 1.807) is 0 Å². The van der Waals surface area contributed by atoms with Gasteiger partial charge in [0.2, 0.25) is 0 Å². The molecule has 2 heterocycles. The second-order valence-electron chi connectivity index (χ2n) is 5.51. The van der Waals surface area contributed by atoms with Crippen LogP contribution >= 0.6 is 0 Å². The molecule has 3 rings (SSSR count). The highest BCUT2D eigenvalue weighted by molar-refractivity contribution is 5.65. The van der Waals surface area contributed by atoms with Gasteiger partial charge in [0.1, 0.15) is 0 Å². The molecule has 1 unspecified atom stereocenters. The third-order valence-electron chi connectivity index (χ3n) is 4.04. The van der Waals surface area contributed by atoms with Crippen LogP contribution in [0.1, 0.15) is 5.56 Å². The van der Waals surface area contributed by atoms with Crippen molar-refractivity contribution in [3.05, 3.63) is 35.9 Å². The van der Waals surface area contributed by atoms with E-state index in [1.165, 1.54) is 5.56 Å². The first-order chi connectivity index (χ1) is 9.18. The quantitative estimate of drug-likeness (QED) is 0.858. The van der Waals surface area contributed by atoms with E-state index in [0.717, 1.165) is 19.6 Å². The fourth-order valence-corrected chi connectivity index (χ4v) is 3.04. The monoisotopic (exact) mass is 262 g/mol. The highest BCUT2D eigenvalue weighted by Gasteiger charge is 2.52. The molecule has 0 saturated carbocycles. The van der Waals surface area contributed by atoms with E-state index in [9.17, 15) is 4.79 Å². The largest absolute Gasteiger partial charge is 0.465 e. The second-order valence-corrected chi connectivity index (χ2v) is 5.51. The van der Waals surface area contributed by atoms with Crippen molar-refractivity contribution in [2.45, 2.75) is 12.6 Å². The van der Waals surface area contributed by atoms with Crippen LogP contribution < -0.4 is 5.32 Å². The first-order valence-corrected chi connectivity index (χ1v) is 6.51. The van der Waals surface area contributed by atoms with Crippen molar-refractivity contribution in [2.75, 3.05) is 26.3 Å². The summed E-state index contributed by atoms with van der Waals surface area (Å²) in [6.45, 7) is 3.82. The van der Waals surface area contributed by atoms with Gasteiger partial charge in [0.15, 0.2) is 0 Å². The van der Waals surface area contributed by atoms with E-state index in [-0.39, 0.29) is 11.5 Å². The van der Waals surface area contributed by atoms with E-state index in [4.69, 9.17) is 9.84 Å². The number of hydrogen-bond acceptors (Lipinski definition) is 3. The molecule has 2 aliphatic rings. The summed E-state index contributed by atoms with van der Waals surface area (Å²) < 4.78 is 5.31. The molecule has 5 heteroatoms. The Kier molecular flexibility index (Phi) is 3.16. The van der Waals surface area contributed by atoms with Crippen molar-refractivity contribution in [3.8, 4) is 0 Å². The van der Waals surface area contributed by atoms with E-state index >= 15 is 0 Å². The fraction of sp³-hybridized carbons (Fsp3) is 0.500. The third-order valence-corrected chi connectivity index (χ3v) is 4.04. The molecule has 1 aromatic rings. The van der Waals surface area contributed by atoms with Gasteiger partial charge in [-0.3, -0.25) is 4.90 Å². The summed E-state index contributed by atoms with van der Waals surface area (Å²) in [6, 6.07) is 10.2. The number of benzene rings is 1. The molecule has 1 aromatic carbocycles. The lowest BCUT2D eigenvalue weighted by Crippen LogP contribution is -2.57. The van der Waals surface area contributed by atoms with Crippen molar-refractivity contribution in [2.24, 2.45) is 5.41 Å². The molecular weight excluding hydrogens is 244 g/mol. The predicted octanol–water partition coefficient (Wildman–Crippen LogP) is 1.15. The van der Waals surface area contributed by atoms with Gasteiger partial charge < -0.3 is 15.2 Å². The van der Waals surface area contributed by atoms with Crippen LogP contribution in [0.5, 0.6) is 0 Å². The SMILES string of the molecule is O=C(O)NC1CN(Cc2ccccc2)CC12COC2. The van der Waals surface area contributed by atoms with Crippen molar-refractivity contribution < 1.29 is 14.6 Å². The molecule has 2 N–H and O–H groups in total. The molecule has 2 saturated heterocycles. The average Bonchev–Trinajstić information content (AvgIpc) is 2.68. The van der Waals surface area contributed by atoms with Crippen LogP contribution in [0.15, 0.2) is 30.3 Å². The molecule has 0 aromatic heterocycles. The normalized spacial score (nSPS) is 25.2. The van der Waals surface area contributed by atoms with Crippen LogP contribution in [0.2, 0.25) is 0 Å². The van der Waals surface area contributed by atoms with Crippen LogP contribution in [0.4, 0.5) is 4.79 Å². The second kappa shape index (κ2) is 4.83. The van der Waals surface area contributed by atoms with E-state index in [1.807, 2.05) is 18.2 Å². The molecule has 2 aliphatic heterocycles. The molecule has 2 fully saturated rings. The van der Waals surface area contributed by atoms with Gasteiger partial charge in [-0.2, -0.15) is 0 Å². The highest BCUT2D eigenvalue weighted by Crippen LogP contribution is 2.38. The summed E-state index contributed by atoms with van der Waals surface area (Å²) in [5, 5.41) is 11.6. The minimum absolute atomic E-state index is 0.0207. The number of likely N-dealkylation sites (tertiary alicyclic amines) is 1. The van der Waals surface area contributed by atoms with Crippen LogP contribution in [-0.2, 0) is 11.3 Å². The molecule has 1 spiro atoms. The molecule has 0 bridgehead atoms. The Morgan fingerprint density at radius 1 is 1.42 bits per heavy atom. The van der Waals surface area contributed by atoms with Crippen molar-refractivity contribution in [1.82, 2.24) is 10.2 Å². The number of ether oxygens (including phenoxy) is 1. The molecule has 19 heavy (non-hydrogen) atoms. The Hall–Kier alpha value is -1.59. The molecule has 1 atom stereocenters. The topological polar surface area (TPSA) is 61.8 Å². The van der Waals surface area contributed by atoms with Crippen LogP contribution in [0.3, 0.4) is 0 Å². The zero-order valence-electron chi connectivity index (χ0n) is 10.7. The van der Waals surface area contributed by atoms with Crippen molar-refractivity contribution in [3.63, 3.8) is 0 Å². The molecule has 5 nitrogen and oxygen atoms in total. The first-order valence-electron chi connectivity index (χ1n) is 6.51. The lowest BCUT2D eigenvalue weighted by molar-refractivity contribution is -0.116. The molecule has 102 valence electrons. The minimum atomic E-state index is -0.946.